The largest absolute Gasteiger partial charge is 0.493 e. The summed E-state index contributed by atoms with van der Waals surface area (Å²) >= 11 is 0. The van der Waals surface area contributed by atoms with Gasteiger partial charge in [-0.3, -0.25) is 11.3 Å². The quantitative estimate of drug-likeness (QED) is 0.445. The topological polar surface area (TPSA) is 65.7 Å². The Morgan fingerprint density at radius 3 is 2.16 bits per heavy atom. The van der Waals surface area contributed by atoms with Gasteiger partial charge in [0.1, 0.15) is 0 Å². The summed E-state index contributed by atoms with van der Waals surface area (Å²) in [6.07, 6.45) is 6.64. The molecule has 5 nitrogen and oxygen atoms in total. The van der Waals surface area contributed by atoms with Crippen LogP contribution in [0.15, 0.2) is 12.1 Å². The number of hydrogen-bond donors (Lipinski definition) is 2. The third-order valence-electron chi connectivity index (χ3n) is 2.87. The first-order valence-corrected chi connectivity index (χ1v) is 5.91. The second kappa shape index (κ2) is 7.52. The minimum atomic E-state index is -0.0650. The van der Waals surface area contributed by atoms with Gasteiger partial charge in [0.15, 0.2) is 11.5 Å². The summed E-state index contributed by atoms with van der Waals surface area (Å²) < 4.78 is 15.9. The highest BCUT2D eigenvalue weighted by molar-refractivity contribution is 5.54. The van der Waals surface area contributed by atoms with E-state index in [9.17, 15) is 0 Å². The lowest BCUT2D eigenvalue weighted by Crippen LogP contribution is -2.28. The summed E-state index contributed by atoms with van der Waals surface area (Å²) in [4.78, 5) is 0. The van der Waals surface area contributed by atoms with Crippen molar-refractivity contribution in [3.63, 3.8) is 0 Å². The fourth-order valence-electron chi connectivity index (χ4n) is 1.88. The fraction of sp³-hybridized carbons (Fsp3) is 0.429. The van der Waals surface area contributed by atoms with Gasteiger partial charge in [-0.1, -0.05) is 0 Å². The molecule has 1 rings (SSSR count). The molecule has 1 aromatic carbocycles. The Kier molecular flexibility index (Phi) is 6.00. The molecule has 0 saturated carbocycles. The average molecular weight is 264 g/mol. The third-order valence-corrected chi connectivity index (χ3v) is 2.87. The number of benzene rings is 1. The first kappa shape index (κ1) is 15.2. The van der Waals surface area contributed by atoms with Gasteiger partial charge in [-0.15, -0.1) is 12.3 Å². The smallest absolute Gasteiger partial charge is 0.203 e. The van der Waals surface area contributed by atoms with Crippen molar-refractivity contribution in [3.05, 3.63) is 17.7 Å². The number of hydrazine groups is 1. The third kappa shape index (κ3) is 3.53. The van der Waals surface area contributed by atoms with E-state index in [1.807, 2.05) is 12.1 Å². The first-order chi connectivity index (χ1) is 9.21. The van der Waals surface area contributed by atoms with E-state index < -0.39 is 0 Å². The zero-order valence-corrected chi connectivity index (χ0v) is 11.5. The average Bonchev–Trinajstić information content (AvgIpc) is 2.46. The van der Waals surface area contributed by atoms with Crippen LogP contribution in [0.25, 0.3) is 0 Å². The van der Waals surface area contributed by atoms with Gasteiger partial charge in [-0.25, -0.2) is 0 Å². The fourth-order valence-corrected chi connectivity index (χ4v) is 1.88. The zero-order valence-electron chi connectivity index (χ0n) is 11.5. The number of methoxy groups -OCH3 is 3. The molecule has 0 heterocycles. The maximum atomic E-state index is 5.57. The van der Waals surface area contributed by atoms with Crippen molar-refractivity contribution in [2.75, 3.05) is 21.3 Å². The van der Waals surface area contributed by atoms with Crippen LogP contribution < -0.4 is 25.5 Å². The summed E-state index contributed by atoms with van der Waals surface area (Å²) in [6.45, 7) is 0. The van der Waals surface area contributed by atoms with Crippen LogP contribution in [-0.2, 0) is 0 Å². The van der Waals surface area contributed by atoms with E-state index in [0.29, 0.717) is 23.7 Å². The molecule has 0 aromatic heterocycles. The number of nitrogens with two attached hydrogens (primary N) is 1. The zero-order chi connectivity index (χ0) is 14.3. The Bertz CT molecular complexity index is 429. The SMILES string of the molecule is C#CCCC(NN)c1cc(OC)c(OC)c(OC)c1. The molecule has 0 aliphatic carbocycles. The van der Waals surface area contributed by atoms with E-state index in [1.165, 1.54) is 0 Å². The highest BCUT2D eigenvalue weighted by atomic mass is 16.5. The number of hydrogen-bond acceptors (Lipinski definition) is 5. The predicted molar refractivity (Wildman–Crippen MR) is 74.2 cm³/mol. The molecular weight excluding hydrogens is 244 g/mol. The summed E-state index contributed by atoms with van der Waals surface area (Å²) in [7, 11) is 4.72. The molecule has 0 aliphatic rings. The molecule has 5 heteroatoms. The van der Waals surface area contributed by atoms with Crippen LogP contribution in [0.2, 0.25) is 0 Å². The van der Waals surface area contributed by atoms with Crippen LogP contribution in [0.5, 0.6) is 17.2 Å². The lowest BCUT2D eigenvalue weighted by Gasteiger charge is -2.19. The molecule has 0 fully saturated rings. The van der Waals surface area contributed by atoms with Crippen molar-refractivity contribution in [1.82, 2.24) is 5.43 Å². The molecule has 1 unspecified atom stereocenters. The van der Waals surface area contributed by atoms with Crippen LogP contribution in [0.3, 0.4) is 0 Å². The lowest BCUT2D eigenvalue weighted by molar-refractivity contribution is 0.322. The Morgan fingerprint density at radius 2 is 1.79 bits per heavy atom. The molecule has 0 saturated heterocycles. The minimum Gasteiger partial charge on any atom is -0.493 e. The first-order valence-electron chi connectivity index (χ1n) is 5.91. The molecule has 104 valence electrons. The van der Waals surface area contributed by atoms with Gasteiger partial charge in [-0.2, -0.15) is 0 Å². The number of ether oxygens (including phenoxy) is 3. The number of nitrogens with one attached hydrogen (secondary N) is 1. The van der Waals surface area contributed by atoms with Crippen LogP contribution >= 0.6 is 0 Å². The summed E-state index contributed by atoms with van der Waals surface area (Å²) in [5.74, 6) is 9.91. The van der Waals surface area contributed by atoms with Crippen molar-refractivity contribution in [3.8, 4) is 29.6 Å². The highest BCUT2D eigenvalue weighted by Gasteiger charge is 2.17. The van der Waals surface area contributed by atoms with Gasteiger partial charge in [0.25, 0.3) is 0 Å². The Labute approximate surface area is 114 Å². The number of terminal acetylenes is 1. The van der Waals surface area contributed by atoms with Crippen molar-refractivity contribution in [1.29, 1.82) is 0 Å². The van der Waals surface area contributed by atoms with Crippen molar-refractivity contribution >= 4 is 0 Å². The van der Waals surface area contributed by atoms with E-state index >= 15 is 0 Å². The molecule has 0 spiro atoms. The van der Waals surface area contributed by atoms with E-state index in [2.05, 4.69) is 11.3 Å². The Hall–Kier alpha value is -1.90. The minimum absolute atomic E-state index is 0.0650. The molecule has 0 bridgehead atoms. The molecule has 1 atom stereocenters. The van der Waals surface area contributed by atoms with Crippen LogP contribution in [-0.4, -0.2) is 21.3 Å². The predicted octanol–water partition coefficient (Wildman–Crippen LogP) is 1.63. The van der Waals surface area contributed by atoms with Gasteiger partial charge < -0.3 is 14.2 Å². The van der Waals surface area contributed by atoms with Gasteiger partial charge in [0.2, 0.25) is 5.75 Å². The summed E-state index contributed by atoms with van der Waals surface area (Å²) in [6, 6.07) is 3.66. The van der Waals surface area contributed by atoms with Crippen molar-refractivity contribution in [2.45, 2.75) is 18.9 Å². The van der Waals surface area contributed by atoms with E-state index in [0.717, 1.165) is 12.0 Å². The second-order valence-corrected chi connectivity index (χ2v) is 3.92. The molecule has 19 heavy (non-hydrogen) atoms. The Morgan fingerprint density at radius 1 is 1.21 bits per heavy atom. The van der Waals surface area contributed by atoms with Crippen LogP contribution in [0.1, 0.15) is 24.4 Å². The maximum absolute atomic E-state index is 5.57. The van der Waals surface area contributed by atoms with Crippen molar-refractivity contribution < 1.29 is 14.2 Å². The van der Waals surface area contributed by atoms with Gasteiger partial charge in [0, 0.05) is 12.5 Å². The van der Waals surface area contributed by atoms with Crippen molar-refractivity contribution in [2.24, 2.45) is 5.84 Å². The van der Waals surface area contributed by atoms with Gasteiger partial charge in [0.05, 0.1) is 21.3 Å². The standard InChI is InChI=1S/C14H20N2O3/c1-5-6-7-11(16-15)10-8-12(17-2)14(19-4)13(9-10)18-3/h1,8-9,11,16H,6-7,15H2,2-4H3. The van der Waals surface area contributed by atoms with Crippen LogP contribution in [0.4, 0.5) is 0 Å². The van der Waals surface area contributed by atoms with Gasteiger partial charge in [-0.05, 0) is 24.1 Å². The van der Waals surface area contributed by atoms with E-state index in [1.54, 1.807) is 21.3 Å². The molecule has 3 N–H and O–H groups in total. The molecular formula is C14H20N2O3. The molecule has 0 amide bonds. The second-order valence-electron chi connectivity index (χ2n) is 3.92. The monoisotopic (exact) mass is 264 g/mol. The molecule has 1 aromatic rings. The molecule has 0 aliphatic heterocycles. The van der Waals surface area contributed by atoms with Crippen LogP contribution in [0, 0.1) is 12.3 Å². The Balaban J connectivity index is 3.17. The lowest BCUT2D eigenvalue weighted by atomic mass is 10.0. The van der Waals surface area contributed by atoms with E-state index in [4.69, 9.17) is 26.5 Å². The normalized spacial score (nSPS) is 11.5. The molecule has 0 radical (unpaired) electrons. The highest BCUT2D eigenvalue weighted by Crippen LogP contribution is 2.40. The summed E-state index contributed by atoms with van der Waals surface area (Å²) in [5, 5.41) is 0. The number of rotatable bonds is 7. The van der Waals surface area contributed by atoms with Gasteiger partial charge >= 0.3 is 0 Å². The maximum Gasteiger partial charge on any atom is 0.203 e. The van der Waals surface area contributed by atoms with E-state index in [-0.39, 0.29) is 6.04 Å². The summed E-state index contributed by atoms with van der Waals surface area (Å²) in [5.41, 5.74) is 3.68.